The first-order chi connectivity index (χ1) is 17.2. The molecule has 0 spiro atoms. The third kappa shape index (κ3) is 28.7. The highest BCUT2D eigenvalue weighted by atomic mass is 16.6. The van der Waals surface area contributed by atoms with Crippen molar-refractivity contribution in [3.8, 4) is 0 Å². The Morgan fingerprint density at radius 1 is 0.686 bits per heavy atom. The second kappa shape index (κ2) is 28.8. The molecule has 0 aliphatic heterocycles. The van der Waals surface area contributed by atoms with E-state index in [1.165, 1.54) is 103 Å². The van der Waals surface area contributed by atoms with Crippen molar-refractivity contribution in [3.63, 3.8) is 0 Å². The van der Waals surface area contributed by atoms with E-state index in [4.69, 9.17) is 14.6 Å². The number of unbranched alkanes of at least 4 members (excludes halogenated alkanes) is 14. The number of rotatable bonds is 26. The van der Waals surface area contributed by atoms with E-state index >= 15 is 0 Å². The molecule has 0 saturated heterocycles. The fraction of sp³-hybridized carbons (Fsp3) is 0.774. The highest BCUT2D eigenvalue weighted by Crippen LogP contribution is 2.11. The Kier molecular flexibility index (Phi) is 27.7. The molecule has 0 amide bonds. The predicted molar refractivity (Wildman–Crippen MR) is 150 cm³/mol. The van der Waals surface area contributed by atoms with E-state index in [0.29, 0.717) is 6.61 Å². The average molecular weight is 493 g/mol. The summed E-state index contributed by atoms with van der Waals surface area (Å²) in [6.45, 7) is 4.36. The minimum absolute atomic E-state index is 0.190. The van der Waals surface area contributed by atoms with Crippen LogP contribution in [-0.2, 0) is 14.3 Å². The van der Waals surface area contributed by atoms with Crippen molar-refractivity contribution in [2.24, 2.45) is 0 Å². The Bertz CT molecular complexity index is 524. The lowest BCUT2D eigenvalue weighted by Gasteiger charge is -2.14. The van der Waals surface area contributed by atoms with Gasteiger partial charge in [0.15, 0.2) is 0 Å². The van der Waals surface area contributed by atoms with Gasteiger partial charge < -0.3 is 14.6 Å². The van der Waals surface area contributed by atoms with Crippen molar-refractivity contribution in [1.82, 2.24) is 0 Å². The monoisotopic (exact) mass is 492 g/mol. The number of carbonyl (C=O) groups excluding carboxylic acids is 1. The van der Waals surface area contributed by atoms with Gasteiger partial charge in [0.2, 0.25) is 0 Å². The van der Waals surface area contributed by atoms with Crippen LogP contribution in [0.1, 0.15) is 129 Å². The van der Waals surface area contributed by atoms with Crippen LogP contribution >= 0.6 is 0 Å². The van der Waals surface area contributed by atoms with Crippen LogP contribution in [0.4, 0.5) is 0 Å². The Morgan fingerprint density at radius 3 is 1.63 bits per heavy atom. The molecule has 0 bridgehead atoms. The van der Waals surface area contributed by atoms with Gasteiger partial charge in [-0.3, -0.25) is 4.79 Å². The Labute approximate surface area is 217 Å². The molecule has 0 aromatic heterocycles. The number of esters is 1. The normalized spacial score (nSPS) is 12.9. The van der Waals surface area contributed by atoms with Crippen molar-refractivity contribution in [2.75, 3.05) is 19.8 Å². The summed E-state index contributed by atoms with van der Waals surface area (Å²) in [5.74, 6) is -0.380. The van der Waals surface area contributed by atoms with E-state index in [1.54, 1.807) is 0 Å². The molecule has 4 heteroatoms. The first-order valence-corrected chi connectivity index (χ1v) is 14.5. The van der Waals surface area contributed by atoms with Crippen molar-refractivity contribution >= 4 is 5.97 Å². The molecule has 0 aliphatic rings. The molecular weight excluding hydrogens is 436 g/mol. The van der Waals surface area contributed by atoms with Crippen molar-refractivity contribution < 1.29 is 19.4 Å². The Hall–Kier alpha value is -1.39. The molecule has 35 heavy (non-hydrogen) atoms. The van der Waals surface area contributed by atoms with Crippen LogP contribution in [0.5, 0.6) is 0 Å². The number of allylic oxidation sites excluding steroid dienone is 6. The highest BCUT2D eigenvalue weighted by molar-refractivity contribution is 5.66. The van der Waals surface area contributed by atoms with Crippen LogP contribution in [0, 0.1) is 0 Å². The lowest BCUT2D eigenvalue weighted by molar-refractivity contribution is -0.152. The molecule has 0 rings (SSSR count). The SMILES string of the molecule is CCCCCCC/C=C\C/C=C\C/C=C\CCCCCCCCCCCOCC(CO)OC(C)=O. The quantitative estimate of drug-likeness (QED) is 0.0745. The van der Waals surface area contributed by atoms with Gasteiger partial charge in [0.05, 0.1) is 13.2 Å². The van der Waals surface area contributed by atoms with Gasteiger partial charge in [0.1, 0.15) is 6.10 Å². The van der Waals surface area contributed by atoms with Crippen molar-refractivity contribution in [2.45, 2.75) is 136 Å². The number of aliphatic hydroxyl groups excluding tert-OH is 1. The average Bonchev–Trinajstić information content (AvgIpc) is 2.85. The zero-order valence-electron chi connectivity index (χ0n) is 23.1. The van der Waals surface area contributed by atoms with Crippen LogP contribution in [0.15, 0.2) is 36.5 Å². The first kappa shape index (κ1) is 33.6. The summed E-state index contributed by atoms with van der Waals surface area (Å²) in [6.07, 6.45) is 36.1. The fourth-order valence-corrected chi connectivity index (χ4v) is 3.92. The van der Waals surface area contributed by atoms with Gasteiger partial charge in [0, 0.05) is 13.5 Å². The molecule has 0 aromatic rings. The molecule has 0 fully saturated rings. The number of aliphatic hydroxyl groups is 1. The second-order valence-electron chi connectivity index (χ2n) is 9.55. The standard InChI is InChI=1S/C31H56O4/c1-3-4-5-6-7-8-9-10-11-12-13-14-15-16-17-18-19-20-21-22-23-24-25-26-27-34-29-31(28-32)35-30(2)33/h9-10,12-13,15-16,31-32H,3-8,11,14,17-29H2,1-2H3/b10-9-,13-12-,16-15-. The van der Waals surface area contributed by atoms with Crippen molar-refractivity contribution in [3.05, 3.63) is 36.5 Å². The zero-order chi connectivity index (χ0) is 25.7. The van der Waals surface area contributed by atoms with Gasteiger partial charge in [-0.25, -0.2) is 0 Å². The summed E-state index contributed by atoms with van der Waals surface area (Å²) in [7, 11) is 0. The highest BCUT2D eigenvalue weighted by Gasteiger charge is 2.10. The molecule has 1 N–H and O–H groups in total. The lowest BCUT2D eigenvalue weighted by Crippen LogP contribution is -2.26. The summed E-state index contributed by atoms with van der Waals surface area (Å²) < 4.78 is 10.4. The minimum Gasteiger partial charge on any atom is -0.458 e. The van der Waals surface area contributed by atoms with Crippen LogP contribution < -0.4 is 0 Å². The van der Waals surface area contributed by atoms with Crippen LogP contribution in [0.2, 0.25) is 0 Å². The minimum atomic E-state index is -0.535. The summed E-state index contributed by atoms with van der Waals surface area (Å²) in [4.78, 5) is 10.9. The maximum Gasteiger partial charge on any atom is 0.303 e. The van der Waals surface area contributed by atoms with E-state index in [9.17, 15) is 4.79 Å². The molecule has 1 unspecified atom stereocenters. The molecule has 0 radical (unpaired) electrons. The summed E-state index contributed by atoms with van der Waals surface area (Å²) in [5.41, 5.74) is 0. The predicted octanol–water partition coefficient (Wildman–Crippen LogP) is 8.64. The number of ether oxygens (including phenoxy) is 2. The molecule has 1 atom stereocenters. The topological polar surface area (TPSA) is 55.8 Å². The van der Waals surface area contributed by atoms with Gasteiger partial charge in [-0.05, 0) is 44.9 Å². The first-order valence-electron chi connectivity index (χ1n) is 14.5. The second-order valence-corrected chi connectivity index (χ2v) is 9.55. The molecule has 4 nitrogen and oxygen atoms in total. The smallest absolute Gasteiger partial charge is 0.303 e. The largest absolute Gasteiger partial charge is 0.458 e. The molecule has 0 aliphatic carbocycles. The van der Waals surface area contributed by atoms with E-state index in [0.717, 1.165) is 19.3 Å². The molecular formula is C31H56O4. The Balaban J connectivity index is 3.29. The van der Waals surface area contributed by atoms with E-state index in [-0.39, 0.29) is 19.2 Å². The van der Waals surface area contributed by atoms with E-state index in [2.05, 4.69) is 43.4 Å². The summed E-state index contributed by atoms with van der Waals surface area (Å²) in [5, 5.41) is 9.10. The van der Waals surface area contributed by atoms with Crippen LogP contribution in [-0.4, -0.2) is 37.0 Å². The van der Waals surface area contributed by atoms with Gasteiger partial charge in [0.25, 0.3) is 0 Å². The molecule has 204 valence electrons. The van der Waals surface area contributed by atoms with Crippen LogP contribution in [0.3, 0.4) is 0 Å². The number of hydrogen-bond acceptors (Lipinski definition) is 4. The number of hydrogen-bond donors (Lipinski definition) is 1. The molecule has 0 heterocycles. The fourth-order valence-electron chi connectivity index (χ4n) is 3.92. The van der Waals surface area contributed by atoms with Gasteiger partial charge >= 0.3 is 5.97 Å². The lowest BCUT2D eigenvalue weighted by atomic mass is 10.1. The van der Waals surface area contributed by atoms with E-state index < -0.39 is 6.10 Å². The molecule has 0 aromatic carbocycles. The van der Waals surface area contributed by atoms with Crippen LogP contribution in [0.25, 0.3) is 0 Å². The van der Waals surface area contributed by atoms with Gasteiger partial charge in [-0.1, -0.05) is 114 Å². The zero-order valence-corrected chi connectivity index (χ0v) is 23.1. The summed E-state index contributed by atoms with van der Waals surface area (Å²) in [6, 6.07) is 0. The summed E-state index contributed by atoms with van der Waals surface area (Å²) >= 11 is 0. The maximum absolute atomic E-state index is 10.9. The third-order valence-electron chi connectivity index (χ3n) is 6.02. The number of carbonyl (C=O) groups is 1. The molecule has 0 saturated carbocycles. The van der Waals surface area contributed by atoms with Gasteiger partial charge in [-0.15, -0.1) is 0 Å². The Morgan fingerprint density at radius 2 is 1.14 bits per heavy atom. The van der Waals surface area contributed by atoms with Crippen molar-refractivity contribution in [1.29, 1.82) is 0 Å². The third-order valence-corrected chi connectivity index (χ3v) is 6.02. The maximum atomic E-state index is 10.9. The van der Waals surface area contributed by atoms with Gasteiger partial charge in [-0.2, -0.15) is 0 Å². The van der Waals surface area contributed by atoms with E-state index in [1.807, 2.05) is 0 Å².